The van der Waals surface area contributed by atoms with E-state index in [0.29, 0.717) is 16.3 Å². The molecule has 0 radical (unpaired) electrons. The molecule has 3 rings (SSSR count). The zero-order valence-electron chi connectivity index (χ0n) is 13.1. The smallest absolute Gasteiger partial charge is 0.235 e. The van der Waals surface area contributed by atoms with Crippen molar-refractivity contribution < 1.29 is 4.79 Å². The van der Waals surface area contributed by atoms with Crippen LogP contribution >= 0.6 is 34.7 Å². The maximum absolute atomic E-state index is 12.2. The second-order valence-electron chi connectivity index (χ2n) is 5.69. The van der Waals surface area contributed by atoms with Crippen LogP contribution in [0.1, 0.15) is 34.4 Å². The standard InChI is InChI=1S/C18H17ClN2OS2/c19-13-7-5-12(6-8-13)10-23-11-17(22)21-18-15(9-20)14-3-1-2-4-16(14)24-18/h5-8H,1-4,10-11H2,(H,21,22). The third-order valence-corrected chi connectivity index (χ3v) is 6.41. The average molecular weight is 377 g/mol. The molecule has 1 N–H and O–H groups in total. The Bertz CT molecular complexity index is 778. The van der Waals surface area contributed by atoms with Crippen LogP contribution in [0.25, 0.3) is 0 Å². The van der Waals surface area contributed by atoms with Gasteiger partial charge in [0.05, 0.1) is 11.3 Å². The van der Waals surface area contributed by atoms with Gasteiger partial charge in [-0.3, -0.25) is 4.79 Å². The van der Waals surface area contributed by atoms with Crippen molar-refractivity contribution in [3.8, 4) is 6.07 Å². The van der Waals surface area contributed by atoms with Crippen LogP contribution < -0.4 is 5.32 Å². The van der Waals surface area contributed by atoms with E-state index in [9.17, 15) is 10.1 Å². The highest BCUT2D eigenvalue weighted by Gasteiger charge is 2.21. The van der Waals surface area contributed by atoms with E-state index in [-0.39, 0.29) is 5.91 Å². The van der Waals surface area contributed by atoms with Crippen molar-refractivity contribution in [2.45, 2.75) is 31.4 Å². The fourth-order valence-corrected chi connectivity index (χ4v) is 4.95. The number of nitrogens with one attached hydrogen (secondary N) is 1. The van der Waals surface area contributed by atoms with E-state index in [2.05, 4.69) is 11.4 Å². The molecule has 124 valence electrons. The first kappa shape index (κ1) is 17.3. The maximum atomic E-state index is 12.2. The first-order valence-corrected chi connectivity index (χ1v) is 10.2. The van der Waals surface area contributed by atoms with Gasteiger partial charge in [0, 0.05) is 15.7 Å². The maximum Gasteiger partial charge on any atom is 0.235 e. The molecule has 3 nitrogen and oxygen atoms in total. The molecule has 0 saturated heterocycles. The number of benzene rings is 1. The molecule has 1 amide bonds. The fourth-order valence-electron chi connectivity index (χ4n) is 2.78. The second kappa shape index (κ2) is 8.06. The molecule has 24 heavy (non-hydrogen) atoms. The number of amides is 1. The van der Waals surface area contributed by atoms with Gasteiger partial charge in [-0.25, -0.2) is 0 Å². The molecule has 0 bridgehead atoms. The molecular weight excluding hydrogens is 360 g/mol. The number of fused-ring (bicyclic) bond motifs is 1. The van der Waals surface area contributed by atoms with Crippen LogP contribution in [0.2, 0.25) is 5.02 Å². The van der Waals surface area contributed by atoms with Gasteiger partial charge >= 0.3 is 0 Å². The van der Waals surface area contributed by atoms with Gasteiger partial charge < -0.3 is 5.32 Å². The lowest BCUT2D eigenvalue weighted by atomic mass is 9.96. The van der Waals surface area contributed by atoms with Crippen molar-refractivity contribution in [1.29, 1.82) is 5.26 Å². The Morgan fingerprint density at radius 3 is 2.79 bits per heavy atom. The van der Waals surface area contributed by atoms with Crippen molar-refractivity contribution in [3.63, 3.8) is 0 Å². The van der Waals surface area contributed by atoms with Crippen LogP contribution in [0, 0.1) is 11.3 Å². The van der Waals surface area contributed by atoms with Crippen LogP contribution in [0.15, 0.2) is 24.3 Å². The summed E-state index contributed by atoms with van der Waals surface area (Å²) in [4.78, 5) is 13.4. The van der Waals surface area contributed by atoms with E-state index < -0.39 is 0 Å². The number of carbonyl (C=O) groups excluding carboxylic acids is 1. The summed E-state index contributed by atoms with van der Waals surface area (Å²) in [7, 11) is 0. The minimum absolute atomic E-state index is 0.0518. The molecule has 0 saturated carbocycles. The van der Waals surface area contributed by atoms with Crippen LogP contribution in [-0.2, 0) is 23.4 Å². The van der Waals surface area contributed by atoms with Gasteiger partial charge in [0.15, 0.2) is 0 Å². The molecule has 1 aromatic carbocycles. The number of anilines is 1. The van der Waals surface area contributed by atoms with Crippen LogP contribution in [0.5, 0.6) is 0 Å². The van der Waals surface area contributed by atoms with Crippen molar-refractivity contribution in [2.24, 2.45) is 0 Å². The number of nitriles is 1. The summed E-state index contributed by atoms with van der Waals surface area (Å²) in [6.07, 6.45) is 4.28. The van der Waals surface area contributed by atoms with E-state index >= 15 is 0 Å². The molecule has 2 aromatic rings. The highest BCUT2D eigenvalue weighted by Crippen LogP contribution is 2.37. The Balaban J connectivity index is 1.56. The first-order chi connectivity index (χ1) is 11.7. The molecule has 1 heterocycles. The lowest BCUT2D eigenvalue weighted by Crippen LogP contribution is -2.14. The normalized spacial score (nSPS) is 13.2. The summed E-state index contributed by atoms with van der Waals surface area (Å²) in [5, 5.41) is 13.8. The minimum Gasteiger partial charge on any atom is -0.316 e. The highest BCUT2D eigenvalue weighted by molar-refractivity contribution is 7.99. The fraction of sp³-hybridized carbons (Fsp3) is 0.333. The SMILES string of the molecule is N#Cc1c(NC(=O)CSCc2ccc(Cl)cc2)sc2c1CCCC2. The van der Waals surface area contributed by atoms with Gasteiger partial charge in [0.25, 0.3) is 0 Å². The Kier molecular flexibility index (Phi) is 5.83. The number of thioether (sulfide) groups is 1. The molecule has 0 spiro atoms. The molecule has 1 aliphatic rings. The van der Waals surface area contributed by atoms with Crippen molar-refractivity contribution in [1.82, 2.24) is 0 Å². The van der Waals surface area contributed by atoms with Gasteiger partial charge in [0.2, 0.25) is 5.91 Å². The number of thiophene rings is 1. The third kappa shape index (κ3) is 4.13. The molecule has 0 atom stereocenters. The Hall–Kier alpha value is -1.48. The molecule has 1 aliphatic carbocycles. The predicted octanol–water partition coefficient (Wildman–Crippen LogP) is 5.02. The number of hydrogen-bond donors (Lipinski definition) is 1. The quantitative estimate of drug-likeness (QED) is 0.796. The number of aryl methyl sites for hydroxylation is 1. The Morgan fingerprint density at radius 1 is 1.29 bits per heavy atom. The van der Waals surface area contributed by atoms with Crippen LogP contribution in [0.4, 0.5) is 5.00 Å². The van der Waals surface area contributed by atoms with Crippen molar-refractivity contribution in [2.75, 3.05) is 11.1 Å². The van der Waals surface area contributed by atoms with Gasteiger partial charge in [-0.05, 0) is 48.9 Å². The van der Waals surface area contributed by atoms with E-state index in [0.717, 1.165) is 41.1 Å². The van der Waals surface area contributed by atoms with Crippen LogP contribution in [0.3, 0.4) is 0 Å². The van der Waals surface area contributed by atoms with Gasteiger partial charge in [-0.15, -0.1) is 23.1 Å². The molecular formula is C18H17ClN2OS2. The number of halogens is 1. The zero-order valence-corrected chi connectivity index (χ0v) is 15.5. The largest absolute Gasteiger partial charge is 0.316 e. The Labute approximate surface area is 155 Å². The van der Waals surface area contributed by atoms with E-state index in [1.54, 1.807) is 23.1 Å². The third-order valence-electron chi connectivity index (χ3n) is 3.95. The lowest BCUT2D eigenvalue weighted by Gasteiger charge is -2.09. The van der Waals surface area contributed by atoms with Gasteiger partial charge in [-0.1, -0.05) is 23.7 Å². The second-order valence-corrected chi connectivity index (χ2v) is 8.22. The van der Waals surface area contributed by atoms with E-state index in [1.165, 1.54) is 11.3 Å². The number of nitrogens with zero attached hydrogens (tertiary/aromatic N) is 1. The first-order valence-electron chi connectivity index (χ1n) is 7.84. The average Bonchev–Trinajstić information content (AvgIpc) is 2.93. The topological polar surface area (TPSA) is 52.9 Å². The van der Waals surface area contributed by atoms with Crippen molar-refractivity contribution in [3.05, 3.63) is 50.9 Å². The minimum atomic E-state index is -0.0518. The van der Waals surface area contributed by atoms with Gasteiger partial charge in [0.1, 0.15) is 11.1 Å². The molecule has 0 aliphatic heterocycles. The van der Waals surface area contributed by atoms with Gasteiger partial charge in [-0.2, -0.15) is 5.26 Å². The summed E-state index contributed by atoms with van der Waals surface area (Å²) in [6.45, 7) is 0. The summed E-state index contributed by atoms with van der Waals surface area (Å²) in [5.41, 5.74) is 2.96. The van der Waals surface area contributed by atoms with Crippen LogP contribution in [-0.4, -0.2) is 11.7 Å². The zero-order chi connectivity index (χ0) is 16.9. The molecule has 0 fully saturated rings. The number of carbonyl (C=O) groups is 1. The summed E-state index contributed by atoms with van der Waals surface area (Å²) < 4.78 is 0. The predicted molar refractivity (Wildman–Crippen MR) is 102 cm³/mol. The number of hydrogen-bond acceptors (Lipinski definition) is 4. The van der Waals surface area contributed by atoms with Crippen molar-refractivity contribution >= 4 is 45.6 Å². The summed E-state index contributed by atoms with van der Waals surface area (Å²) in [6, 6.07) is 9.91. The molecule has 0 unspecified atom stereocenters. The Morgan fingerprint density at radius 2 is 2.04 bits per heavy atom. The lowest BCUT2D eigenvalue weighted by molar-refractivity contribution is -0.113. The number of rotatable bonds is 5. The van der Waals surface area contributed by atoms with E-state index in [1.807, 2.05) is 24.3 Å². The van der Waals surface area contributed by atoms with E-state index in [4.69, 9.17) is 11.6 Å². The molecule has 1 aromatic heterocycles. The highest BCUT2D eigenvalue weighted by atomic mass is 35.5. The summed E-state index contributed by atoms with van der Waals surface area (Å²) in [5.74, 6) is 1.08. The molecule has 6 heteroatoms. The summed E-state index contributed by atoms with van der Waals surface area (Å²) >= 11 is 8.98. The monoisotopic (exact) mass is 376 g/mol.